The molecule has 0 saturated heterocycles. The van der Waals surface area contributed by atoms with E-state index in [4.69, 9.17) is 9.47 Å². The van der Waals surface area contributed by atoms with Crippen molar-refractivity contribution in [2.24, 2.45) is 0 Å². The number of aliphatic hydroxyl groups is 1. The van der Waals surface area contributed by atoms with Crippen molar-refractivity contribution in [2.75, 3.05) is 13.4 Å². The average molecular weight is 277 g/mol. The summed E-state index contributed by atoms with van der Waals surface area (Å²) < 4.78 is 10.8. The van der Waals surface area contributed by atoms with Crippen LogP contribution >= 0.6 is 0 Å². The lowest BCUT2D eigenvalue weighted by molar-refractivity contribution is 0.150. The molecule has 0 radical (unpaired) electrons. The number of rotatable bonds is 4. The van der Waals surface area contributed by atoms with Crippen molar-refractivity contribution in [1.29, 1.82) is 0 Å². The highest BCUT2D eigenvalue weighted by Crippen LogP contribution is 2.36. The number of nitrogens with one attached hydrogen (secondary N) is 1. The molecular formula is C16H23NO3. The van der Waals surface area contributed by atoms with Gasteiger partial charge < -0.3 is 19.9 Å². The molecule has 1 heterocycles. The van der Waals surface area contributed by atoms with Gasteiger partial charge in [0, 0.05) is 6.04 Å². The maximum absolute atomic E-state index is 9.88. The van der Waals surface area contributed by atoms with Crippen LogP contribution in [0, 0.1) is 0 Å². The zero-order valence-corrected chi connectivity index (χ0v) is 12.0. The molecule has 1 aromatic carbocycles. The van der Waals surface area contributed by atoms with Gasteiger partial charge in [0.2, 0.25) is 6.79 Å². The Balaban J connectivity index is 1.80. The maximum atomic E-state index is 9.88. The van der Waals surface area contributed by atoms with Crippen molar-refractivity contribution >= 4 is 0 Å². The van der Waals surface area contributed by atoms with Crippen molar-refractivity contribution < 1.29 is 14.6 Å². The van der Waals surface area contributed by atoms with Gasteiger partial charge in [0.1, 0.15) is 0 Å². The molecule has 110 valence electrons. The van der Waals surface area contributed by atoms with Gasteiger partial charge >= 0.3 is 0 Å². The lowest BCUT2D eigenvalue weighted by atomic mass is 9.88. The fraction of sp³-hybridized carbons (Fsp3) is 0.625. The van der Waals surface area contributed by atoms with Crippen LogP contribution in [-0.2, 0) is 5.54 Å². The van der Waals surface area contributed by atoms with Crippen molar-refractivity contribution in [3.8, 4) is 11.5 Å². The highest BCUT2D eigenvalue weighted by atomic mass is 16.7. The van der Waals surface area contributed by atoms with E-state index in [0.717, 1.165) is 17.1 Å². The van der Waals surface area contributed by atoms with E-state index in [1.165, 1.54) is 32.1 Å². The van der Waals surface area contributed by atoms with E-state index >= 15 is 0 Å². The highest BCUT2D eigenvalue weighted by Gasteiger charge is 2.30. The number of hydrogen-bond acceptors (Lipinski definition) is 4. The summed E-state index contributed by atoms with van der Waals surface area (Å²) in [7, 11) is 0. The number of hydrogen-bond donors (Lipinski definition) is 2. The molecule has 1 atom stereocenters. The topological polar surface area (TPSA) is 50.7 Å². The highest BCUT2D eigenvalue weighted by molar-refractivity contribution is 5.46. The predicted octanol–water partition coefficient (Wildman–Crippen LogP) is 2.55. The Labute approximate surface area is 120 Å². The Morgan fingerprint density at radius 1 is 1.20 bits per heavy atom. The van der Waals surface area contributed by atoms with E-state index in [0.29, 0.717) is 6.04 Å². The molecule has 3 rings (SSSR count). The van der Waals surface area contributed by atoms with E-state index in [2.05, 4.69) is 12.2 Å². The third-order valence-electron chi connectivity index (χ3n) is 4.45. The molecule has 1 saturated carbocycles. The first-order chi connectivity index (χ1) is 9.71. The van der Waals surface area contributed by atoms with Crippen LogP contribution in [0.3, 0.4) is 0 Å². The van der Waals surface area contributed by atoms with Crippen molar-refractivity contribution in [3.05, 3.63) is 23.8 Å². The van der Waals surface area contributed by atoms with Gasteiger partial charge in [-0.2, -0.15) is 0 Å². The fourth-order valence-corrected chi connectivity index (χ4v) is 3.16. The number of benzene rings is 1. The minimum absolute atomic E-state index is 0.0726. The van der Waals surface area contributed by atoms with Crippen LogP contribution in [-0.4, -0.2) is 24.5 Å². The first kappa shape index (κ1) is 13.7. The second kappa shape index (κ2) is 5.62. The summed E-state index contributed by atoms with van der Waals surface area (Å²) in [6.45, 7) is 2.41. The van der Waals surface area contributed by atoms with Crippen molar-refractivity contribution in [3.63, 3.8) is 0 Å². The summed E-state index contributed by atoms with van der Waals surface area (Å²) in [6.07, 6.45) is 6.28. The van der Waals surface area contributed by atoms with E-state index in [9.17, 15) is 5.11 Å². The molecule has 0 bridgehead atoms. The first-order valence-electron chi connectivity index (χ1n) is 7.50. The Bertz CT molecular complexity index is 471. The van der Waals surface area contributed by atoms with Gasteiger partial charge in [0.15, 0.2) is 11.5 Å². The smallest absolute Gasteiger partial charge is 0.231 e. The van der Waals surface area contributed by atoms with Crippen LogP contribution in [0.25, 0.3) is 0 Å². The van der Waals surface area contributed by atoms with Crippen LogP contribution < -0.4 is 14.8 Å². The third-order valence-corrected chi connectivity index (χ3v) is 4.45. The van der Waals surface area contributed by atoms with E-state index < -0.39 is 5.54 Å². The SMILES string of the molecule is CC(CO)(NC1CCCCC1)c1ccc2c(c1)OCO2. The molecule has 1 aromatic rings. The predicted molar refractivity (Wildman–Crippen MR) is 77.0 cm³/mol. The summed E-state index contributed by atoms with van der Waals surface area (Å²) in [4.78, 5) is 0. The van der Waals surface area contributed by atoms with Gasteiger partial charge in [-0.15, -0.1) is 0 Å². The summed E-state index contributed by atoms with van der Waals surface area (Å²) in [5.41, 5.74) is 0.623. The maximum Gasteiger partial charge on any atom is 0.231 e. The van der Waals surface area contributed by atoms with Crippen molar-refractivity contribution in [1.82, 2.24) is 5.32 Å². The molecule has 1 aliphatic heterocycles. The largest absolute Gasteiger partial charge is 0.454 e. The van der Waals surface area contributed by atoms with Crippen LogP contribution in [0.5, 0.6) is 11.5 Å². The lowest BCUT2D eigenvalue weighted by Gasteiger charge is -2.36. The Morgan fingerprint density at radius 3 is 2.70 bits per heavy atom. The second-order valence-electron chi connectivity index (χ2n) is 6.04. The molecule has 2 aliphatic rings. The van der Waals surface area contributed by atoms with Crippen molar-refractivity contribution in [2.45, 2.75) is 50.6 Å². The van der Waals surface area contributed by atoms with Crippen LogP contribution in [0.1, 0.15) is 44.6 Å². The molecule has 0 amide bonds. The summed E-state index contributed by atoms with van der Waals surface area (Å²) in [5, 5.41) is 13.5. The fourth-order valence-electron chi connectivity index (χ4n) is 3.16. The van der Waals surface area contributed by atoms with Crippen LogP contribution in [0.4, 0.5) is 0 Å². The second-order valence-corrected chi connectivity index (χ2v) is 6.04. The quantitative estimate of drug-likeness (QED) is 0.888. The zero-order chi connectivity index (χ0) is 14.0. The minimum Gasteiger partial charge on any atom is -0.454 e. The van der Waals surface area contributed by atoms with Crippen LogP contribution in [0.15, 0.2) is 18.2 Å². The third kappa shape index (κ3) is 2.63. The number of fused-ring (bicyclic) bond motifs is 1. The van der Waals surface area contributed by atoms with Crippen LogP contribution in [0.2, 0.25) is 0 Å². The molecule has 20 heavy (non-hydrogen) atoms. The molecule has 1 fully saturated rings. The van der Waals surface area contributed by atoms with E-state index in [1.807, 2.05) is 18.2 Å². The van der Waals surface area contributed by atoms with Gasteiger partial charge in [-0.1, -0.05) is 25.3 Å². The lowest BCUT2D eigenvalue weighted by Crippen LogP contribution is -2.49. The Morgan fingerprint density at radius 2 is 1.95 bits per heavy atom. The molecule has 2 N–H and O–H groups in total. The van der Waals surface area contributed by atoms with E-state index in [-0.39, 0.29) is 13.4 Å². The molecule has 4 nitrogen and oxygen atoms in total. The number of aliphatic hydroxyl groups excluding tert-OH is 1. The van der Waals surface area contributed by atoms with Gasteiger partial charge in [-0.3, -0.25) is 0 Å². The molecule has 0 spiro atoms. The molecule has 1 aliphatic carbocycles. The number of ether oxygens (including phenoxy) is 2. The normalized spacial score (nSPS) is 21.7. The van der Waals surface area contributed by atoms with Gasteiger partial charge in [-0.25, -0.2) is 0 Å². The summed E-state index contributed by atoms with van der Waals surface area (Å²) in [6, 6.07) is 6.41. The zero-order valence-electron chi connectivity index (χ0n) is 12.0. The molecule has 0 aromatic heterocycles. The Kier molecular flexibility index (Phi) is 3.85. The summed E-state index contributed by atoms with van der Waals surface area (Å²) >= 11 is 0. The first-order valence-corrected chi connectivity index (χ1v) is 7.50. The molecular weight excluding hydrogens is 254 g/mol. The van der Waals surface area contributed by atoms with Gasteiger partial charge in [0.25, 0.3) is 0 Å². The van der Waals surface area contributed by atoms with Gasteiger partial charge in [-0.05, 0) is 37.5 Å². The monoisotopic (exact) mass is 277 g/mol. The van der Waals surface area contributed by atoms with E-state index in [1.54, 1.807) is 0 Å². The Hall–Kier alpha value is -1.26. The minimum atomic E-state index is -0.428. The molecule has 4 heteroatoms. The molecule has 1 unspecified atom stereocenters. The average Bonchev–Trinajstić information content (AvgIpc) is 2.95. The standard InChI is InChI=1S/C16H23NO3/c1-16(10-18,17-13-5-3-2-4-6-13)12-7-8-14-15(9-12)20-11-19-14/h7-9,13,17-18H,2-6,10-11H2,1H3. The summed E-state index contributed by atoms with van der Waals surface area (Å²) in [5.74, 6) is 1.55. The van der Waals surface area contributed by atoms with Gasteiger partial charge in [0.05, 0.1) is 12.1 Å².